The van der Waals surface area contributed by atoms with Crippen LogP contribution in [0.2, 0.25) is 0 Å². The lowest BCUT2D eigenvalue weighted by Gasteiger charge is -2.20. The Morgan fingerprint density at radius 2 is 2.19 bits per heavy atom. The molecule has 0 saturated carbocycles. The number of benzene rings is 1. The van der Waals surface area contributed by atoms with Crippen molar-refractivity contribution in [2.75, 3.05) is 6.54 Å². The third-order valence-electron chi connectivity index (χ3n) is 3.21. The molecule has 0 aliphatic rings. The number of carbonyl (C=O) groups excluding carboxylic acids is 1. The molecule has 3 aromatic rings. The number of furan rings is 1. The van der Waals surface area contributed by atoms with Gasteiger partial charge in [0.1, 0.15) is 16.9 Å². The molecule has 0 fully saturated rings. The third-order valence-corrected chi connectivity index (χ3v) is 3.21. The molecule has 21 heavy (non-hydrogen) atoms. The highest BCUT2D eigenvalue weighted by Crippen LogP contribution is 2.27. The van der Waals surface area contributed by atoms with Gasteiger partial charge in [-0.05, 0) is 19.1 Å². The van der Waals surface area contributed by atoms with Gasteiger partial charge in [0.05, 0.1) is 12.7 Å². The minimum absolute atomic E-state index is 0.00758. The largest absolute Gasteiger partial charge is 0.458 e. The number of hydrogen-bond acceptors (Lipinski definition) is 5. The number of aromatic nitrogens is 1. The molecule has 3 rings (SSSR count). The van der Waals surface area contributed by atoms with Crippen molar-refractivity contribution in [2.45, 2.75) is 12.5 Å². The van der Waals surface area contributed by atoms with Crippen LogP contribution in [0.4, 0.5) is 0 Å². The van der Waals surface area contributed by atoms with Gasteiger partial charge in [0, 0.05) is 11.5 Å². The molecule has 1 amide bonds. The number of hydrogen-bond donors (Lipinski definition) is 2. The molecule has 2 N–H and O–H groups in total. The van der Waals surface area contributed by atoms with Crippen LogP contribution in [0.5, 0.6) is 0 Å². The van der Waals surface area contributed by atoms with Crippen LogP contribution in [-0.2, 0) is 5.60 Å². The summed E-state index contributed by atoms with van der Waals surface area (Å²) in [5.74, 6) is 0.0425. The first-order valence-corrected chi connectivity index (χ1v) is 6.46. The van der Waals surface area contributed by atoms with Crippen LogP contribution in [0.15, 0.2) is 51.5 Å². The van der Waals surface area contributed by atoms with E-state index >= 15 is 0 Å². The van der Waals surface area contributed by atoms with E-state index in [2.05, 4.69) is 10.5 Å². The number of nitrogens with zero attached hydrogens (tertiary/aromatic N) is 1. The molecule has 0 aliphatic carbocycles. The van der Waals surface area contributed by atoms with Crippen molar-refractivity contribution >= 4 is 16.9 Å². The van der Waals surface area contributed by atoms with Crippen LogP contribution in [0, 0.1) is 0 Å². The molecule has 2 aromatic heterocycles. The number of nitrogens with one attached hydrogen (secondary N) is 1. The fraction of sp³-hybridized carbons (Fsp3) is 0.200. The van der Waals surface area contributed by atoms with E-state index in [1.54, 1.807) is 13.0 Å². The summed E-state index contributed by atoms with van der Waals surface area (Å²) >= 11 is 0. The van der Waals surface area contributed by atoms with Gasteiger partial charge in [0.2, 0.25) is 5.76 Å². The summed E-state index contributed by atoms with van der Waals surface area (Å²) in [7, 11) is 0. The van der Waals surface area contributed by atoms with Gasteiger partial charge in [-0.1, -0.05) is 23.4 Å². The molecular weight excluding hydrogens is 272 g/mol. The van der Waals surface area contributed by atoms with E-state index in [0.717, 1.165) is 5.39 Å². The Kier molecular flexibility index (Phi) is 3.23. The Morgan fingerprint density at radius 3 is 2.90 bits per heavy atom. The molecule has 0 radical (unpaired) electrons. The smallest absolute Gasteiger partial charge is 0.290 e. The lowest BCUT2D eigenvalue weighted by Crippen LogP contribution is -2.38. The van der Waals surface area contributed by atoms with Crippen LogP contribution >= 0.6 is 0 Å². The van der Waals surface area contributed by atoms with Gasteiger partial charge in [-0.3, -0.25) is 4.79 Å². The van der Waals surface area contributed by atoms with Crippen molar-refractivity contribution in [1.29, 1.82) is 0 Å². The summed E-state index contributed by atoms with van der Waals surface area (Å²) in [6.45, 7) is 1.57. The molecule has 0 saturated heterocycles. The first-order valence-electron chi connectivity index (χ1n) is 6.46. The Balaban J connectivity index is 1.75. The number of amides is 1. The Morgan fingerprint density at radius 1 is 1.38 bits per heavy atom. The van der Waals surface area contributed by atoms with E-state index in [0.29, 0.717) is 11.3 Å². The second-order valence-electron chi connectivity index (χ2n) is 4.98. The molecular formula is C15H14N2O4. The molecule has 1 unspecified atom stereocenters. The lowest BCUT2D eigenvalue weighted by molar-refractivity contribution is 0.0338. The highest BCUT2D eigenvalue weighted by atomic mass is 16.5. The second kappa shape index (κ2) is 5.06. The van der Waals surface area contributed by atoms with Gasteiger partial charge < -0.3 is 19.4 Å². The number of para-hydroxylation sites is 1. The van der Waals surface area contributed by atoms with Crippen LogP contribution in [-0.4, -0.2) is 22.7 Å². The van der Waals surface area contributed by atoms with E-state index in [1.807, 2.05) is 24.3 Å². The highest BCUT2D eigenvalue weighted by Gasteiger charge is 2.28. The molecule has 6 heteroatoms. The number of rotatable bonds is 4. The zero-order valence-electron chi connectivity index (χ0n) is 11.4. The van der Waals surface area contributed by atoms with E-state index < -0.39 is 11.5 Å². The number of aliphatic hydroxyl groups is 1. The molecule has 0 spiro atoms. The van der Waals surface area contributed by atoms with Gasteiger partial charge >= 0.3 is 0 Å². The van der Waals surface area contributed by atoms with Crippen molar-refractivity contribution in [1.82, 2.24) is 10.5 Å². The zero-order valence-corrected chi connectivity index (χ0v) is 11.4. The number of fused-ring (bicyclic) bond motifs is 1. The van der Waals surface area contributed by atoms with Crippen LogP contribution in [0.1, 0.15) is 23.2 Å². The summed E-state index contributed by atoms with van der Waals surface area (Å²) in [5.41, 5.74) is -0.636. The van der Waals surface area contributed by atoms with Crippen molar-refractivity contribution in [2.24, 2.45) is 0 Å². The van der Waals surface area contributed by atoms with Gasteiger partial charge in [0.15, 0.2) is 0 Å². The highest BCUT2D eigenvalue weighted by molar-refractivity contribution is 5.91. The first-order chi connectivity index (χ1) is 10.1. The van der Waals surface area contributed by atoms with E-state index in [-0.39, 0.29) is 12.3 Å². The Bertz CT molecular complexity index is 726. The topological polar surface area (TPSA) is 88.5 Å². The van der Waals surface area contributed by atoms with Gasteiger partial charge in [-0.25, -0.2) is 0 Å². The maximum Gasteiger partial charge on any atom is 0.290 e. The van der Waals surface area contributed by atoms with E-state index in [1.165, 1.54) is 12.3 Å². The molecule has 108 valence electrons. The minimum atomic E-state index is -1.32. The van der Waals surface area contributed by atoms with Gasteiger partial charge in [0.25, 0.3) is 5.91 Å². The molecule has 6 nitrogen and oxygen atoms in total. The van der Waals surface area contributed by atoms with Crippen molar-refractivity contribution in [3.63, 3.8) is 0 Å². The molecule has 1 atom stereocenters. The second-order valence-corrected chi connectivity index (χ2v) is 4.98. The number of carbonyl (C=O) groups is 1. The summed E-state index contributed by atoms with van der Waals surface area (Å²) in [6.07, 6.45) is 1.38. The fourth-order valence-electron chi connectivity index (χ4n) is 2.01. The predicted octanol–water partition coefficient (Wildman–Crippen LogP) is 2.06. The van der Waals surface area contributed by atoms with Crippen molar-refractivity contribution in [3.05, 3.63) is 54.1 Å². The maximum atomic E-state index is 11.8. The van der Waals surface area contributed by atoms with Crippen molar-refractivity contribution in [3.8, 4) is 0 Å². The SMILES string of the molecule is CC(O)(CNC(=O)c1ccno1)c1cc2ccccc2o1. The standard InChI is InChI=1S/C15H14N2O4/c1-15(19,9-16-14(18)12-6-7-17-21-12)13-8-10-4-2-3-5-11(10)20-13/h2-8,19H,9H2,1H3,(H,16,18). The summed E-state index contributed by atoms with van der Waals surface area (Å²) in [5, 5.41) is 17.4. The third kappa shape index (κ3) is 2.66. The monoisotopic (exact) mass is 286 g/mol. The van der Waals surface area contributed by atoms with E-state index in [9.17, 15) is 9.90 Å². The van der Waals surface area contributed by atoms with Crippen LogP contribution < -0.4 is 5.32 Å². The average Bonchev–Trinajstić information content (AvgIpc) is 3.13. The summed E-state index contributed by atoms with van der Waals surface area (Å²) < 4.78 is 10.4. The average molecular weight is 286 g/mol. The fourth-order valence-corrected chi connectivity index (χ4v) is 2.01. The molecule has 0 bridgehead atoms. The van der Waals surface area contributed by atoms with Crippen LogP contribution in [0.3, 0.4) is 0 Å². The lowest BCUT2D eigenvalue weighted by atomic mass is 10.0. The Hall–Kier alpha value is -2.60. The first kappa shape index (κ1) is 13.4. The zero-order chi connectivity index (χ0) is 14.9. The Labute approximate surface area is 120 Å². The van der Waals surface area contributed by atoms with Gasteiger partial charge in [-0.15, -0.1) is 0 Å². The van der Waals surface area contributed by atoms with E-state index in [4.69, 9.17) is 8.94 Å². The minimum Gasteiger partial charge on any atom is -0.458 e. The van der Waals surface area contributed by atoms with Crippen LogP contribution in [0.25, 0.3) is 11.0 Å². The molecule has 1 aromatic carbocycles. The summed E-state index contributed by atoms with van der Waals surface area (Å²) in [6, 6.07) is 10.7. The molecule has 0 aliphatic heterocycles. The quantitative estimate of drug-likeness (QED) is 0.766. The normalized spacial score (nSPS) is 14.0. The van der Waals surface area contributed by atoms with Crippen molar-refractivity contribution < 1.29 is 18.8 Å². The molecule has 2 heterocycles. The summed E-state index contributed by atoms with van der Waals surface area (Å²) in [4.78, 5) is 11.8. The van der Waals surface area contributed by atoms with Gasteiger partial charge in [-0.2, -0.15) is 0 Å². The predicted molar refractivity (Wildman–Crippen MR) is 74.6 cm³/mol. The maximum absolute atomic E-state index is 11.8.